The minimum Gasteiger partial charge on any atom is -0.378 e. The van der Waals surface area contributed by atoms with Crippen LogP contribution in [0.2, 0.25) is 0 Å². The fourth-order valence-corrected chi connectivity index (χ4v) is 4.63. The van der Waals surface area contributed by atoms with E-state index in [1.54, 1.807) is 15.4 Å². The molecule has 3 aromatic rings. The number of carbonyl (C=O) groups excluding carboxylic acids is 1. The average molecular weight is 454 g/mol. The molecule has 11 nitrogen and oxygen atoms in total. The molecule has 2 saturated heterocycles. The maximum atomic E-state index is 13.4. The van der Waals surface area contributed by atoms with Gasteiger partial charge in [-0.25, -0.2) is 15.0 Å². The molecule has 3 aromatic heterocycles. The molecule has 1 amide bonds. The van der Waals surface area contributed by atoms with E-state index in [0.717, 1.165) is 50.4 Å². The Bertz CT molecular complexity index is 1150. The standard InChI is InChI=1S/C22H31N9O2/c1-27(2)16-5-7-31(8-6-16)22(32)21-24-17-19(29(21)4)25-18(15-13-23-28(3)14-15)26-20(17)30-9-11-33-12-10-30/h13-14,16H,5-12H2,1-4H3. The summed E-state index contributed by atoms with van der Waals surface area (Å²) in [6.07, 6.45) is 5.57. The molecule has 2 aliphatic rings. The third-order valence-electron chi connectivity index (χ3n) is 6.65. The van der Waals surface area contributed by atoms with E-state index < -0.39 is 0 Å². The Kier molecular flexibility index (Phi) is 5.75. The Morgan fingerprint density at radius 2 is 1.79 bits per heavy atom. The number of hydrogen-bond acceptors (Lipinski definition) is 8. The summed E-state index contributed by atoms with van der Waals surface area (Å²) in [7, 11) is 7.92. The van der Waals surface area contributed by atoms with E-state index >= 15 is 0 Å². The molecule has 0 spiro atoms. The Labute approximate surface area is 193 Å². The predicted molar refractivity (Wildman–Crippen MR) is 124 cm³/mol. The number of rotatable bonds is 4. The van der Waals surface area contributed by atoms with Crippen molar-refractivity contribution in [1.82, 2.24) is 39.1 Å². The summed E-state index contributed by atoms with van der Waals surface area (Å²) in [6, 6.07) is 0.510. The summed E-state index contributed by atoms with van der Waals surface area (Å²) in [5.41, 5.74) is 2.13. The van der Waals surface area contributed by atoms with E-state index in [1.165, 1.54) is 0 Å². The quantitative estimate of drug-likeness (QED) is 0.571. The molecule has 0 unspecified atom stereocenters. The van der Waals surface area contributed by atoms with Gasteiger partial charge in [-0.1, -0.05) is 0 Å². The molecule has 33 heavy (non-hydrogen) atoms. The van der Waals surface area contributed by atoms with Crippen molar-refractivity contribution < 1.29 is 9.53 Å². The molecule has 2 fully saturated rings. The Morgan fingerprint density at radius 3 is 2.42 bits per heavy atom. The number of anilines is 1. The molecule has 5 heterocycles. The first-order valence-electron chi connectivity index (χ1n) is 11.4. The minimum atomic E-state index is -0.0523. The number of aryl methyl sites for hydroxylation is 2. The maximum Gasteiger partial charge on any atom is 0.289 e. The smallest absolute Gasteiger partial charge is 0.289 e. The number of likely N-dealkylation sites (tertiary alicyclic amines) is 1. The lowest BCUT2D eigenvalue weighted by Gasteiger charge is -2.34. The number of hydrogen-bond donors (Lipinski definition) is 0. The van der Waals surface area contributed by atoms with Crippen molar-refractivity contribution in [3.63, 3.8) is 0 Å². The van der Waals surface area contributed by atoms with Gasteiger partial charge in [0, 0.05) is 52.5 Å². The Morgan fingerprint density at radius 1 is 1.06 bits per heavy atom. The molecule has 0 aromatic carbocycles. The highest BCUT2D eigenvalue weighted by molar-refractivity contribution is 5.97. The number of fused-ring (bicyclic) bond motifs is 1. The molecule has 176 valence electrons. The maximum absolute atomic E-state index is 13.4. The average Bonchev–Trinajstić information content (AvgIpc) is 3.42. The Balaban J connectivity index is 1.54. The van der Waals surface area contributed by atoms with Crippen LogP contribution in [0.1, 0.15) is 23.5 Å². The van der Waals surface area contributed by atoms with Gasteiger partial charge in [-0.05, 0) is 26.9 Å². The van der Waals surface area contributed by atoms with Crippen LogP contribution in [-0.4, -0.2) is 105 Å². The van der Waals surface area contributed by atoms with Crippen molar-refractivity contribution in [1.29, 1.82) is 0 Å². The molecule has 11 heteroatoms. The van der Waals surface area contributed by atoms with Gasteiger partial charge in [0.25, 0.3) is 5.91 Å². The molecule has 0 atom stereocenters. The molecule has 0 bridgehead atoms. The first kappa shape index (κ1) is 21.8. The van der Waals surface area contributed by atoms with Crippen molar-refractivity contribution in [2.45, 2.75) is 18.9 Å². The van der Waals surface area contributed by atoms with Crippen LogP contribution < -0.4 is 4.90 Å². The normalized spacial score (nSPS) is 18.0. The van der Waals surface area contributed by atoms with Gasteiger partial charge < -0.3 is 24.0 Å². The SMILES string of the molecule is CN(C)C1CCN(C(=O)c2nc3c(N4CCOCC4)nc(-c4cnn(C)c4)nc3n2C)CC1. The number of morpholine rings is 1. The third-order valence-corrected chi connectivity index (χ3v) is 6.65. The van der Waals surface area contributed by atoms with Crippen LogP contribution in [-0.2, 0) is 18.8 Å². The first-order valence-corrected chi connectivity index (χ1v) is 11.4. The number of ether oxygens (including phenoxy) is 1. The molecule has 2 aliphatic heterocycles. The zero-order valence-electron chi connectivity index (χ0n) is 19.7. The molecule has 0 radical (unpaired) electrons. The van der Waals surface area contributed by atoms with E-state index in [0.29, 0.717) is 42.1 Å². The van der Waals surface area contributed by atoms with E-state index in [9.17, 15) is 4.79 Å². The van der Waals surface area contributed by atoms with E-state index in [-0.39, 0.29) is 5.91 Å². The van der Waals surface area contributed by atoms with Crippen molar-refractivity contribution >= 4 is 22.9 Å². The molecular formula is C22H31N9O2. The summed E-state index contributed by atoms with van der Waals surface area (Å²) in [4.78, 5) is 34.2. The van der Waals surface area contributed by atoms with Gasteiger partial charge >= 0.3 is 0 Å². The van der Waals surface area contributed by atoms with Gasteiger partial charge in [0.15, 0.2) is 22.8 Å². The summed E-state index contributed by atoms with van der Waals surface area (Å²) < 4.78 is 9.07. The number of nitrogens with zero attached hydrogens (tertiary/aromatic N) is 9. The second kappa shape index (κ2) is 8.71. The summed E-state index contributed by atoms with van der Waals surface area (Å²) >= 11 is 0. The van der Waals surface area contributed by atoms with Crippen LogP contribution in [0.15, 0.2) is 12.4 Å². The largest absolute Gasteiger partial charge is 0.378 e. The third kappa shape index (κ3) is 4.06. The van der Waals surface area contributed by atoms with Gasteiger partial charge in [-0.3, -0.25) is 9.48 Å². The van der Waals surface area contributed by atoms with Crippen molar-refractivity contribution in [3.8, 4) is 11.4 Å². The minimum absolute atomic E-state index is 0.0523. The van der Waals surface area contributed by atoms with E-state index in [2.05, 4.69) is 29.0 Å². The molecular weight excluding hydrogens is 422 g/mol. The zero-order chi connectivity index (χ0) is 23.1. The van der Waals surface area contributed by atoms with Crippen molar-refractivity contribution in [3.05, 3.63) is 18.2 Å². The van der Waals surface area contributed by atoms with Crippen LogP contribution in [0, 0.1) is 0 Å². The van der Waals surface area contributed by atoms with Crippen molar-refractivity contribution in [2.75, 3.05) is 58.4 Å². The Hall–Kier alpha value is -3.05. The summed E-state index contributed by atoms with van der Waals surface area (Å²) in [6.45, 7) is 4.16. The highest BCUT2D eigenvalue weighted by Crippen LogP contribution is 2.29. The van der Waals surface area contributed by atoms with Crippen LogP contribution >= 0.6 is 0 Å². The molecule has 0 aliphatic carbocycles. The topological polar surface area (TPSA) is 97.4 Å². The fraction of sp³-hybridized carbons (Fsp3) is 0.591. The zero-order valence-corrected chi connectivity index (χ0v) is 19.7. The molecule has 5 rings (SSSR count). The van der Waals surface area contributed by atoms with Crippen LogP contribution in [0.4, 0.5) is 5.82 Å². The number of imidazole rings is 1. The second-order valence-electron chi connectivity index (χ2n) is 9.03. The van der Waals surface area contributed by atoms with E-state index in [4.69, 9.17) is 19.7 Å². The lowest BCUT2D eigenvalue weighted by molar-refractivity contribution is 0.0648. The van der Waals surface area contributed by atoms with Gasteiger partial charge in [-0.2, -0.15) is 5.10 Å². The first-order chi connectivity index (χ1) is 15.9. The van der Waals surface area contributed by atoms with Crippen LogP contribution in [0.25, 0.3) is 22.6 Å². The van der Waals surface area contributed by atoms with E-state index in [1.807, 2.05) is 25.2 Å². The highest BCUT2D eigenvalue weighted by Gasteiger charge is 2.30. The number of aromatic nitrogens is 6. The molecule has 0 N–H and O–H groups in total. The number of amides is 1. The summed E-state index contributed by atoms with van der Waals surface area (Å²) in [5, 5.41) is 4.27. The van der Waals surface area contributed by atoms with Crippen LogP contribution in [0.3, 0.4) is 0 Å². The number of piperidine rings is 1. The second-order valence-corrected chi connectivity index (χ2v) is 9.03. The van der Waals surface area contributed by atoms with Crippen LogP contribution in [0.5, 0.6) is 0 Å². The lowest BCUT2D eigenvalue weighted by atomic mass is 10.0. The fourth-order valence-electron chi connectivity index (χ4n) is 4.63. The van der Waals surface area contributed by atoms with Gasteiger partial charge in [0.2, 0.25) is 5.82 Å². The van der Waals surface area contributed by atoms with Gasteiger partial charge in [0.05, 0.1) is 25.0 Å². The monoisotopic (exact) mass is 453 g/mol. The van der Waals surface area contributed by atoms with Gasteiger partial charge in [0.1, 0.15) is 0 Å². The number of carbonyl (C=O) groups is 1. The molecule has 0 saturated carbocycles. The predicted octanol–water partition coefficient (Wildman–Crippen LogP) is 0.767. The highest BCUT2D eigenvalue weighted by atomic mass is 16.5. The lowest BCUT2D eigenvalue weighted by Crippen LogP contribution is -2.45. The summed E-state index contributed by atoms with van der Waals surface area (Å²) in [5.74, 6) is 1.66. The van der Waals surface area contributed by atoms with Gasteiger partial charge in [-0.15, -0.1) is 0 Å². The van der Waals surface area contributed by atoms with Crippen molar-refractivity contribution in [2.24, 2.45) is 14.1 Å².